The highest BCUT2D eigenvalue weighted by atomic mass is 14.9. The zero-order valence-corrected chi connectivity index (χ0v) is 12.6. The minimum Gasteiger partial charge on any atom is -0.399 e. The van der Waals surface area contributed by atoms with Gasteiger partial charge in [-0.15, -0.1) is 0 Å². The molecule has 0 bridgehead atoms. The van der Waals surface area contributed by atoms with E-state index in [1.54, 1.807) is 0 Å². The Labute approximate surface area is 117 Å². The van der Waals surface area contributed by atoms with Crippen molar-refractivity contribution in [3.8, 4) is 0 Å². The van der Waals surface area contributed by atoms with Gasteiger partial charge in [0.2, 0.25) is 0 Å². The van der Waals surface area contributed by atoms with E-state index in [4.69, 9.17) is 11.5 Å². The summed E-state index contributed by atoms with van der Waals surface area (Å²) in [7, 11) is 0. The maximum absolute atomic E-state index is 6.32. The Kier molecular flexibility index (Phi) is 6.16. The van der Waals surface area contributed by atoms with Crippen LogP contribution in [0.25, 0.3) is 0 Å². The predicted octanol–water partition coefficient (Wildman–Crippen LogP) is 3.76. The summed E-state index contributed by atoms with van der Waals surface area (Å²) in [5.74, 6) is 0. The van der Waals surface area contributed by atoms with Gasteiger partial charge in [-0.05, 0) is 63.3 Å². The Morgan fingerprint density at radius 1 is 1.16 bits per heavy atom. The number of nitrogens with one attached hydrogen (secondary N) is 1. The van der Waals surface area contributed by atoms with Crippen LogP contribution < -0.4 is 16.8 Å². The summed E-state index contributed by atoms with van der Waals surface area (Å²) in [4.78, 5) is 0. The fourth-order valence-electron chi connectivity index (χ4n) is 2.30. The molecule has 0 saturated carbocycles. The topological polar surface area (TPSA) is 64.1 Å². The van der Waals surface area contributed by atoms with E-state index in [-0.39, 0.29) is 5.54 Å². The number of hydrogen-bond acceptors (Lipinski definition) is 3. The molecule has 0 fully saturated rings. The van der Waals surface area contributed by atoms with Crippen molar-refractivity contribution in [1.82, 2.24) is 0 Å². The van der Waals surface area contributed by atoms with Crippen molar-refractivity contribution < 1.29 is 0 Å². The first-order valence-electron chi connectivity index (χ1n) is 7.40. The lowest BCUT2D eigenvalue weighted by Gasteiger charge is -2.27. The molecule has 3 heteroatoms. The van der Waals surface area contributed by atoms with Crippen molar-refractivity contribution in [2.75, 3.05) is 11.1 Å². The molecule has 3 nitrogen and oxygen atoms in total. The van der Waals surface area contributed by atoms with Gasteiger partial charge in [-0.1, -0.05) is 13.8 Å². The van der Waals surface area contributed by atoms with Crippen LogP contribution in [0, 0.1) is 0 Å². The SMILES string of the molecule is CCC(N)(CC)CCCC(C)Nc1ccc(N)cc1. The molecular formula is C16H29N3. The van der Waals surface area contributed by atoms with Crippen molar-refractivity contribution in [2.45, 2.75) is 64.5 Å². The molecule has 0 aromatic heterocycles. The summed E-state index contributed by atoms with van der Waals surface area (Å²) in [6.45, 7) is 6.57. The zero-order valence-electron chi connectivity index (χ0n) is 12.6. The lowest BCUT2D eigenvalue weighted by molar-refractivity contribution is 0.350. The Hall–Kier alpha value is -1.22. The van der Waals surface area contributed by atoms with Gasteiger partial charge in [0.1, 0.15) is 0 Å². The molecular weight excluding hydrogens is 234 g/mol. The second-order valence-electron chi connectivity index (χ2n) is 5.63. The van der Waals surface area contributed by atoms with E-state index in [1.165, 1.54) is 6.42 Å². The summed E-state index contributed by atoms with van der Waals surface area (Å²) in [6.07, 6.45) is 5.53. The average molecular weight is 263 g/mol. The number of nitrogen functional groups attached to an aromatic ring is 1. The number of anilines is 2. The third-order valence-corrected chi connectivity index (χ3v) is 4.04. The first-order chi connectivity index (χ1) is 8.99. The van der Waals surface area contributed by atoms with Crippen LogP contribution in [0.3, 0.4) is 0 Å². The minimum atomic E-state index is 0.0287. The summed E-state index contributed by atoms with van der Waals surface area (Å²) < 4.78 is 0. The Morgan fingerprint density at radius 3 is 2.26 bits per heavy atom. The van der Waals surface area contributed by atoms with Crippen LogP contribution in [0.1, 0.15) is 52.9 Å². The molecule has 1 rings (SSSR count). The monoisotopic (exact) mass is 263 g/mol. The summed E-state index contributed by atoms with van der Waals surface area (Å²) in [6, 6.07) is 8.36. The van der Waals surface area contributed by atoms with Crippen LogP contribution in [0.4, 0.5) is 11.4 Å². The molecule has 5 N–H and O–H groups in total. The molecule has 108 valence electrons. The molecule has 0 aliphatic heterocycles. The third-order valence-electron chi connectivity index (χ3n) is 4.04. The van der Waals surface area contributed by atoms with Gasteiger partial charge in [0, 0.05) is 23.0 Å². The number of benzene rings is 1. The lowest BCUT2D eigenvalue weighted by Crippen LogP contribution is -2.38. The molecule has 1 aromatic carbocycles. The number of nitrogens with two attached hydrogens (primary N) is 2. The van der Waals surface area contributed by atoms with Gasteiger partial charge in [-0.2, -0.15) is 0 Å². The molecule has 0 saturated heterocycles. The molecule has 0 aliphatic rings. The van der Waals surface area contributed by atoms with Crippen LogP contribution in [0.2, 0.25) is 0 Å². The zero-order chi connectivity index (χ0) is 14.3. The van der Waals surface area contributed by atoms with Crippen LogP contribution in [-0.4, -0.2) is 11.6 Å². The Balaban J connectivity index is 2.32. The van der Waals surface area contributed by atoms with E-state index < -0.39 is 0 Å². The van der Waals surface area contributed by atoms with E-state index in [2.05, 4.69) is 26.1 Å². The van der Waals surface area contributed by atoms with Crippen molar-refractivity contribution in [3.63, 3.8) is 0 Å². The van der Waals surface area contributed by atoms with Gasteiger partial charge in [-0.3, -0.25) is 0 Å². The van der Waals surface area contributed by atoms with E-state index in [9.17, 15) is 0 Å². The van der Waals surface area contributed by atoms with Gasteiger partial charge in [0.15, 0.2) is 0 Å². The molecule has 0 heterocycles. The molecule has 1 aromatic rings. The first kappa shape index (κ1) is 15.8. The van der Waals surface area contributed by atoms with Gasteiger partial charge in [0.05, 0.1) is 0 Å². The minimum absolute atomic E-state index is 0.0287. The Bertz CT molecular complexity index is 355. The molecule has 0 amide bonds. The highest BCUT2D eigenvalue weighted by molar-refractivity contribution is 5.51. The van der Waals surface area contributed by atoms with Gasteiger partial charge < -0.3 is 16.8 Å². The van der Waals surface area contributed by atoms with E-state index >= 15 is 0 Å². The molecule has 0 radical (unpaired) electrons. The lowest BCUT2D eigenvalue weighted by atomic mass is 9.88. The second kappa shape index (κ2) is 7.39. The molecule has 1 atom stereocenters. The van der Waals surface area contributed by atoms with Gasteiger partial charge in [-0.25, -0.2) is 0 Å². The summed E-state index contributed by atoms with van der Waals surface area (Å²) in [5, 5.41) is 3.49. The third kappa shape index (κ3) is 5.52. The van der Waals surface area contributed by atoms with Crippen molar-refractivity contribution >= 4 is 11.4 Å². The highest BCUT2D eigenvalue weighted by Gasteiger charge is 2.19. The standard InChI is InChI=1S/C16H29N3/c1-4-16(18,5-2)12-6-7-13(3)19-15-10-8-14(17)9-11-15/h8-11,13,19H,4-7,12,17-18H2,1-3H3. The second-order valence-corrected chi connectivity index (χ2v) is 5.63. The van der Waals surface area contributed by atoms with Gasteiger partial charge in [0.25, 0.3) is 0 Å². The number of rotatable bonds is 8. The van der Waals surface area contributed by atoms with E-state index in [0.717, 1.165) is 37.1 Å². The smallest absolute Gasteiger partial charge is 0.0343 e. The van der Waals surface area contributed by atoms with E-state index in [0.29, 0.717) is 6.04 Å². The molecule has 0 aliphatic carbocycles. The normalized spacial score (nSPS) is 13.3. The largest absolute Gasteiger partial charge is 0.399 e. The fourth-order valence-corrected chi connectivity index (χ4v) is 2.30. The molecule has 19 heavy (non-hydrogen) atoms. The maximum atomic E-state index is 6.32. The van der Waals surface area contributed by atoms with Crippen LogP contribution in [0.15, 0.2) is 24.3 Å². The average Bonchev–Trinajstić information content (AvgIpc) is 2.41. The van der Waals surface area contributed by atoms with Crippen LogP contribution in [-0.2, 0) is 0 Å². The number of hydrogen-bond donors (Lipinski definition) is 3. The predicted molar refractivity (Wildman–Crippen MR) is 85.3 cm³/mol. The summed E-state index contributed by atoms with van der Waals surface area (Å²) in [5.41, 5.74) is 14.0. The van der Waals surface area contributed by atoms with Crippen LogP contribution >= 0.6 is 0 Å². The highest BCUT2D eigenvalue weighted by Crippen LogP contribution is 2.20. The van der Waals surface area contributed by atoms with E-state index in [1.807, 2.05) is 24.3 Å². The van der Waals surface area contributed by atoms with Crippen molar-refractivity contribution in [1.29, 1.82) is 0 Å². The van der Waals surface area contributed by atoms with Crippen LogP contribution in [0.5, 0.6) is 0 Å². The maximum Gasteiger partial charge on any atom is 0.0343 e. The van der Waals surface area contributed by atoms with Crippen molar-refractivity contribution in [3.05, 3.63) is 24.3 Å². The van der Waals surface area contributed by atoms with Gasteiger partial charge >= 0.3 is 0 Å². The fraction of sp³-hybridized carbons (Fsp3) is 0.625. The molecule has 1 unspecified atom stereocenters. The Morgan fingerprint density at radius 2 is 1.74 bits per heavy atom. The quantitative estimate of drug-likeness (QED) is 0.626. The first-order valence-corrected chi connectivity index (χ1v) is 7.40. The summed E-state index contributed by atoms with van der Waals surface area (Å²) >= 11 is 0. The van der Waals surface area contributed by atoms with Crippen molar-refractivity contribution in [2.24, 2.45) is 5.73 Å². The molecule has 0 spiro atoms.